The zero-order valence-electron chi connectivity index (χ0n) is 14.8. The fourth-order valence-corrected chi connectivity index (χ4v) is 2.77. The molecule has 0 saturated carbocycles. The number of aromatic carboxylic acids is 1. The fourth-order valence-electron chi connectivity index (χ4n) is 2.77. The molecule has 0 radical (unpaired) electrons. The van der Waals surface area contributed by atoms with Gasteiger partial charge in [-0.2, -0.15) is 0 Å². The van der Waals surface area contributed by atoms with Crippen molar-refractivity contribution < 1.29 is 24.5 Å². The highest BCUT2D eigenvalue weighted by atomic mass is 16.6. The summed E-state index contributed by atoms with van der Waals surface area (Å²) in [7, 11) is 0. The van der Waals surface area contributed by atoms with Gasteiger partial charge in [-0.05, 0) is 23.3 Å². The molecule has 3 aromatic carbocycles. The van der Waals surface area contributed by atoms with Crippen LogP contribution in [-0.4, -0.2) is 15.8 Å². The second-order valence-corrected chi connectivity index (χ2v) is 5.99. The molecule has 29 heavy (non-hydrogen) atoms. The predicted molar refractivity (Wildman–Crippen MR) is 100 cm³/mol. The lowest BCUT2D eigenvalue weighted by molar-refractivity contribution is -0.392. The van der Waals surface area contributed by atoms with Gasteiger partial charge in [-0.1, -0.05) is 42.5 Å². The molecule has 9 nitrogen and oxygen atoms in total. The van der Waals surface area contributed by atoms with E-state index in [1.165, 1.54) is 24.3 Å². The third-order valence-electron chi connectivity index (χ3n) is 4.12. The minimum Gasteiger partial charge on any atom is -0.545 e. The zero-order valence-corrected chi connectivity index (χ0v) is 14.8. The molecule has 0 aliphatic carbocycles. The number of ether oxygens (including phenoxy) is 1. The molecule has 0 amide bonds. The van der Waals surface area contributed by atoms with Crippen LogP contribution in [0.3, 0.4) is 0 Å². The molecule has 0 spiro atoms. The molecule has 0 unspecified atom stereocenters. The number of nitro groups is 2. The number of carboxylic acids is 1. The number of carbonyl (C=O) groups is 1. The maximum absolute atomic E-state index is 11.4. The fraction of sp³-hybridized carbons (Fsp3) is 0.0500. The van der Waals surface area contributed by atoms with Gasteiger partial charge in [-0.25, -0.2) is 0 Å². The van der Waals surface area contributed by atoms with Gasteiger partial charge in [0, 0.05) is 17.7 Å². The normalized spacial score (nSPS) is 10.3. The van der Waals surface area contributed by atoms with E-state index in [-0.39, 0.29) is 11.1 Å². The molecular formula is C20H13N2O7-. The van der Waals surface area contributed by atoms with Crippen LogP contribution in [0.1, 0.15) is 15.9 Å². The molecule has 3 rings (SSSR count). The van der Waals surface area contributed by atoms with Crippen molar-refractivity contribution in [2.45, 2.75) is 6.61 Å². The summed E-state index contributed by atoms with van der Waals surface area (Å²) in [6.45, 7) is 0.306. The van der Waals surface area contributed by atoms with Crippen LogP contribution in [0.25, 0.3) is 11.1 Å². The summed E-state index contributed by atoms with van der Waals surface area (Å²) in [6, 6.07) is 16.8. The highest BCUT2D eigenvalue weighted by Crippen LogP contribution is 2.39. The molecule has 0 heterocycles. The first-order valence-corrected chi connectivity index (χ1v) is 8.32. The van der Waals surface area contributed by atoms with Crippen molar-refractivity contribution in [3.05, 3.63) is 98.1 Å². The first-order valence-electron chi connectivity index (χ1n) is 8.32. The third kappa shape index (κ3) is 4.35. The average Bonchev–Trinajstić information content (AvgIpc) is 2.72. The van der Waals surface area contributed by atoms with Gasteiger partial charge in [0.15, 0.2) is 0 Å². The number of carbonyl (C=O) groups excluding carboxylic acids is 1. The number of rotatable bonds is 7. The molecule has 0 N–H and O–H groups in total. The van der Waals surface area contributed by atoms with E-state index in [0.717, 1.165) is 17.7 Å². The number of nitrogens with zero attached hydrogens (tertiary/aromatic N) is 2. The first-order chi connectivity index (χ1) is 13.9. The summed E-state index contributed by atoms with van der Waals surface area (Å²) < 4.78 is 5.64. The van der Waals surface area contributed by atoms with Crippen LogP contribution < -0.4 is 9.84 Å². The van der Waals surface area contributed by atoms with Crippen LogP contribution in [0.5, 0.6) is 5.75 Å². The smallest absolute Gasteiger partial charge is 0.284 e. The molecule has 0 aliphatic rings. The molecule has 0 saturated heterocycles. The third-order valence-corrected chi connectivity index (χ3v) is 4.12. The molecular weight excluding hydrogens is 380 g/mol. The Balaban J connectivity index is 1.98. The molecule has 9 heteroatoms. The van der Waals surface area contributed by atoms with Crippen molar-refractivity contribution in [3.8, 4) is 16.9 Å². The zero-order chi connectivity index (χ0) is 21.0. The van der Waals surface area contributed by atoms with Gasteiger partial charge in [-0.15, -0.1) is 0 Å². The quantitative estimate of drug-likeness (QED) is 0.444. The lowest BCUT2D eigenvalue weighted by Crippen LogP contribution is -2.22. The maximum atomic E-state index is 11.4. The number of hydrogen-bond donors (Lipinski definition) is 0. The Bertz CT molecular complexity index is 1040. The number of hydrogen-bond acceptors (Lipinski definition) is 7. The SMILES string of the molecule is O=C([O-])c1cc([N+](=O)[O-])c(-c2ccc(OCc3ccccc3)cc2)c([N+](=O)[O-])c1. The van der Waals surface area contributed by atoms with E-state index in [0.29, 0.717) is 12.4 Å². The highest BCUT2D eigenvalue weighted by molar-refractivity contribution is 5.93. The van der Waals surface area contributed by atoms with E-state index in [9.17, 15) is 30.1 Å². The Hall–Kier alpha value is -4.27. The number of nitro benzene ring substituents is 2. The number of carboxylic acid groups (broad SMARTS) is 1. The molecule has 146 valence electrons. The van der Waals surface area contributed by atoms with Crippen molar-refractivity contribution in [2.75, 3.05) is 0 Å². The molecule has 0 atom stereocenters. The topological polar surface area (TPSA) is 136 Å². The summed E-state index contributed by atoms with van der Waals surface area (Å²) in [5.74, 6) is -1.28. The summed E-state index contributed by atoms with van der Waals surface area (Å²) in [6.07, 6.45) is 0. The largest absolute Gasteiger partial charge is 0.545 e. The van der Waals surface area contributed by atoms with E-state index in [2.05, 4.69) is 0 Å². The molecule has 0 aromatic heterocycles. The van der Waals surface area contributed by atoms with Gasteiger partial charge < -0.3 is 14.6 Å². The summed E-state index contributed by atoms with van der Waals surface area (Å²) in [5.41, 5.74) is -1.21. The van der Waals surface area contributed by atoms with Crippen LogP contribution in [0.4, 0.5) is 11.4 Å². The molecule has 3 aromatic rings. The lowest BCUT2D eigenvalue weighted by atomic mass is 9.99. The summed E-state index contributed by atoms with van der Waals surface area (Å²) in [5, 5.41) is 33.9. The van der Waals surface area contributed by atoms with Gasteiger partial charge in [0.2, 0.25) is 0 Å². The monoisotopic (exact) mass is 393 g/mol. The second-order valence-electron chi connectivity index (χ2n) is 5.99. The van der Waals surface area contributed by atoms with E-state index in [1.807, 2.05) is 30.3 Å². The number of benzene rings is 3. The van der Waals surface area contributed by atoms with Gasteiger partial charge in [0.05, 0.1) is 15.8 Å². The summed E-state index contributed by atoms with van der Waals surface area (Å²) in [4.78, 5) is 32.2. The van der Waals surface area contributed by atoms with E-state index >= 15 is 0 Å². The molecule has 0 bridgehead atoms. The Morgan fingerprint density at radius 1 is 0.862 bits per heavy atom. The van der Waals surface area contributed by atoms with Crippen LogP contribution in [0, 0.1) is 20.2 Å². The minimum atomic E-state index is -1.74. The standard InChI is InChI=1S/C20H14N2O7/c23-20(24)15-10-17(21(25)26)19(18(11-15)22(27)28)14-6-8-16(9-7-14)29-12-13-4-2-1-3-5-13/h1-11H,12H2,(H,23,24)/p-1. The molecule has 0 fully saturated rings. The van der Waals surface area contributed by atoms with E-state index < -0.39 is 32.8 Å². The van der Waals surface area contributed by atoms with Crippen LogP contribution >= 0.6 is 0 Å². The molecule has 0 aliphatic heterocycles. The van der Waals surface area contributed by atoms with Crippen molar-refractivity contribution in [1.29, 1.82) is 0 Å². The summed E-state index contributed by atoms with van der Waals surface area (Å²) >= 11 is 0. The van der Waals surface area contributed by atoms with E-state index in [4.69, 9.17) is 4.74 Å². The Morgan fingerprint density at radius 3 is 1.90 bits per heavy atom. The minimum absolute atomic E-state index is 0.181. The van der Waals surface area contributed by atoms with Crippen molar-refractivity contribution in [3.63, 3.8) is 0 Å². The van der Waals surface area contributed by atoms with Crippen molar-refractivity contribution in [1.82, 2.24) is 0 Å². The van der Waals surface area contributed by atoms with Gasteiger partial charge in [0.25, 0.3) is 11.4 Å². The highest BCUT2D eigenvalue weighted by Gasteiger charge is 2.28. The van der Waals surface area contributed by atoms with Crippen LogP contribution in [-0.2, 0) is 6.61 Å². The van der Waals surface area contributed by atoms with Gasteiger partial charge in [-0.3, -0.25) is 20.2 Å². The Kier molecular flexibility index (Phi) is 5.49. The Labute approximate surface area is 164 Å². The lowest BCUT2D eigenvalue weighted by Gasteiger charge is -2.10. The Morgan fingerprint density at radius 2 is 1.41 bits per heavy atom. The van der Waals surface area contributed by atoms with Crippen LogP contribution in [0.15, 0.2) is 66.7 Å². The van der Waals surface area contributed by atoms with Crippen molar-refractivity contribution in [2.24, 2.45) is 0 Å². The first kappa shape index (κ1) is 19.5. The maximum Gasteiger partial charge on any atom is 0.284 e. The van der Waals surface area contributed by atoms with Crippen LogP contribution in [0.2, 0.25) is 0 Å². The van der Waals surface area contributed by atoms with Gasteiger partial charge in [0.1, 0.15) is 17.9 Å². The van der Waals surface area contributed by atoms with E-state index in [1.54, 1.807) is 0 Å². The second kappa shape index (κ2) is 8.17. The van der Waals surface area contributed by atoms with Gasteiger partial charge >= 0.3 is 0 Å². The average molecular weight is 393 g/mol. The predicted octanol–water partition coefficient (Wildman–Crippen LogP) is 3.11. The van der Waals surface area contributed by atoms with Crippen molar-refractivity contribution >= 4 is 17.3 Å².